The largest absolute Gasteiger partial charge is 0.444 e. The number of anilines is 1. The Bertz CT molecular complexity index is 567. The number of carbonyl (C=O) groups excluding carboxylic acids is 2. The molecule has 1 aromatic carbocycles. The summed E-state index contributed by atoms with van der Waals surface area (Å²) in [6, 6.07) is 7.20. The summed E-state index contributed by atoms with van der Waals surface area (Å²) in [4.78, 5) is 25.6. The van der Waals surface area contributed by atoms with E-state index in [0.29, 0.717) is 18.8 Å². The van der Waals surface area contributed by atoms with Gasteiger partial charge in [0.25, 0.3) is 0 Å². The Morgan fingerprint density at radius 3 is 2.48 bits per heavy atom. The lowest BCUT2D eigenvalue weighted by Crippen LogP contribution is -2.34. The highest BCUT2D eigenvalue weighted by atomic mass is 16.6. The smallest absolute Gasteiger partial charge is 0.410 e. The zero-order valence-electron chi connectivity index (χ0n) is 16.0. The second-order valence-corrected chi connectivity index (χ2v) is 7.08. The van der Waals surface area contributed by atoms with Crippen molar-refractivity contribution >= 4 is 17.8 Å². The van der Waals surface area contributed by atoms with Gasteiger partial charge in [0.1, 0.15) is 5.60 Å². The lowest BCUT2D eigenvalue weighted by Gasteiger charge is -2.25. The van der Waals surface area contributed by atoms with Crippen LogP contribution in [-0.2, 0) is 11.3 Å². The van der Waals surface area contributed by atoms with Crippen molar-refractivity contribution in [2.45, 2.75) is 59.1 Å². The zero-order valence-corrected chi connectivity index (χ0v) is 16.0. The average molecular weight is 349 g/mol. The lowest BCUT2D eigenvalue weighted by molar-refractivity contribution is 0.0285. The normalized spacial score (nSPS) is 10.9. The molecule has 0 spiro atoms. The number of nitrogens with zero attached hydrogens (tertiary/aromatic N) is 1. The van der Waals surface area contributed by atoms with Crippen LogP contribution in [0.15, 0.2) is 24.3 Å². The van der Waals surface area contributed by atoms with Gasteiger partial charge in [-0.3, -0.25) is 0 Å². The maximum Gasteiger partial charge on any atom is 0.410 e. The van der Waals surface area contributed by atoms with Crippen LogP contribution in [-0.4, -0.2) is 36.2 Å². The van der Waals surface area contributed by atoms with E-state index in [-0.39, 0.29) is 6.03 Å². The zero-order chi connectivity index (χ0) is 18.9. The standard InChI is InChI=1S/C19H31N3O3/c1-6-7-10-13-20-17(23)21-16-12-9-8-11-15(16)14-22(5)18(24)25-19(2,3)4/h8-9,11-12H,6-7,10,13-14H2,1-5H3,(H2,20,21,23). The van der Waals surface area contributed by atoms with E-state index in [1.807, 2.05) is 45.0 Å². The van der Waals surface area contributed by atoms with Gasteiger partial charge < -0.3 is 20.3 Å². The molecule has 0 aliphatic rings. The summed E-state index contributed by atoms with van der Waals surface area (Å²) in [6.07, 6.45) is 2.78. The van der Waals surface area contributed by atoms with Crippen LogP contribution in [0.4, 0.5) is 15.3 Å². The van der Waals surface area contributed by atoms with Crippen molar-refractivity contribution in [3.63, 3.8) is 0 Å². The van der Waals surface area contributed by atoms with Crippen LogP contribution >= 0.6 is 0 Å². The van der Waals surface area contributed by atoms with Gasteiger partial charge >= 0.3 is 12.1 Å². The molecule has 25 heavy (non-hydrogen) atoms. The number of amides is 3. The summed E-state index contributed by atoms with van der Waals surface area (Å²) in [5.41, 5.74) is 0.993. The molecule has 3 amide bonds. The lowest BCUT2D eigenvalue weighted by atomic mass is 10.1. The highest BCUT2D eigenvalue weighted by Crippen LogP contribution is 2.18. The van der Waals surface area contributed by atoms with E-state index in [1.54, 1.807) is 7.05 Å². The molecule has 0 saturated heterocycles. The van der Waals surface area contributed by atoms with E-state index < -0.39 is 11.7 Å². The molecule has 0 radical (unpaired) electrons. The minimum atomic E-state index is -0.540. The number of nitrogens with one attached hydrogen (secondary N) is 2. The van der Waals surface area contributed by atoms with Crippen molar-refractivity contribution in [3.05, 3.63) is 29.8 Å². The van der Waals surface area contributed by atoms with Crippen molar-refractivity contribution in [1.82, 2.24) is 10.2 Å². The predicted octanol–water partition coefficient (Wildman–Crippen LogP) is 4.37. The minimum absolute atomic E-state index is 0.233. The third kappa shape index (κ3) is 8.42. The molecule has 0 atom stereocenters. The highest BCUT2D eigenvalue weighted by Gasteiger charge is 2.20. The molecule has 0 heterocycles. The first-order chi connectivity index (χ1) is 11.7. The third-order valence-corrected chi connectivity index (χ3v) is 3.44. The van der Waals surface area contributed by atoms with Gasteiger partial charge in [-0.1, -0.05) is 38.0 Å². The molecule has 2 N–H and O–H groups in total. The number of hydrogen-bond acceptors (Lipinski definition) is 3. The fraction of sp³-hybridized carbons (Fsp3) is 0.579. The Kier molecular flexibility index (Phi) is 8.25. The van der Waals surface area contributed by atoms with Crippen molar-refractivity contribution in [2.75, 3.05) is 18.9 Å². The van der Waals surface area contributed by atoms with E-state index in [2.05, 4.69) is 17.6 Å². The van der Waals surface area contributed by atoms with Crippen LogP contribution in [0.5, 0.6) is 0 Å². The van der Waals surface area contributed by atoms with Crippen LogP contribution in [0.25, 0.3) is 0 Å². The highest BCUT2D eigenvalue weighted by molar-refractivity contribution is 5.90. The molecular formula is C19H31N3O3. The van der Waals surface area contributed by atoms with Crippen LogP contribution in [0.2, 0.25) is 0 Å². The van der Waals surface area contributed by atoms with Gasteiger partial charge in [0.05, 0.1) is 6.54 Å². The van der Waals surface area contributed by atoms with Crippen LogP contribution in [0.1, 0.15) is 52.5 Å². The summed E-state index contributed by atoms with van der Waals surface area (Å²) in [5.74, 6) is 0. The molecule has 6 heteroatoms. The van der Waals surface area contributed by atoms with Crippen molar-refractivity contribution in [2.24, 2.45) is 0 Å². The Morgan fingerprint density at radius 1 is 1.16 bits per heavy atom. The Labute approximate surface area is 150 Å². The van der Waals surface area contributed by atoms with Crippen molar-refractivity contribution in [1.29, 1.82) is 0 Å². The maximum atomic E-state index is 12.1. The van der Waals surface area contributed by atoms with Gasteiger partial charge in [0, 0.05) is 19.3 Å². The maximum absolute atomic E-state index is 12.1. The summed E-state index contributed by atoms with van der Waals surface area (Å²) >= 11 is 0. The summed E-state index contributed by atoms with van der Waals surface area (Å²) < 4.78 is 5.36. The second kappa shape index (κ2) is 9.91. The summed E-state index contributed by atoms with van der Waals surface area (Å²) in [7, 11) is 1.68. The van der Waals surface area contributed by atoms with E-state index in [1.165, 1.54) is 4.90 Å². The number of para-hydroxylation sites is 1. The summed E-state index contributed by atoms with van der Waals surface area (Å²) in [5, 5.41) is 5.70. The van der Waals surface area contributed by atoms with Gasteiger partial charge in [-0.25, -0.2) is 9.59 Å². The molecule has 0 fully saturated rings. The first kappa shape index (κ1) is 20.8. The summed E-state index contributed by atoms with van der Waals surface area (Å²) in [6.45, 7) is 8.61. The van der Waals surface area contributed by atoms with Crippen molar-refractivity contribution < 1.29 is 14.3 Å². The molecule has 1 rings (SSSR count). The first-order valence-electron chi connectivity index (χ1n) is 8.80. The first-order valence-corrected chi connectivity index (χ1v) is 8.80. The second-order valence-electron chi connectivity index (χ2n) is 7.08. The molecule has 140 valence electrons. The third-order valence-electron chi connectivity index (χ3n) is 3.44. The number of rotatable bonds is 7. The minimum Gasteiger partial charge on any atom is -0.444 e. The molecule has 0 unspecified atom stereocenters. The fourth-order valence-corrected chi connectivity index (χ4v) is 2.18. The van der Waals surface area contributed by atoms with Gasteiger partial charge in [0.2, 0.25) is 0 Å². The van der Waals surface area contributed by atoms with Gasteiger partial charge in [-0.2, -0.15) is 0 Å². The van der Waals surface area contributed by atoms with Gasteiger partial charge in [-0.15, -0.1) is 0 Å². The van der Waals surface area contributed by atoms with Crippen LogP contribution in [0.3, 0.4) is 0 Å². The number of benzene rings is 1. The van der Waals surface area contributed by atoms with E-state index in [4.69, 9.17) is 4.74 Å². The number of carbonyl (C=O) groups is 2. The topological polar surface area (TPSA) is 70.7 Å². The monoisotopic (exact) mass is 349 g/mol. The molecule has 0 saturated carbocycles. The quantitative estimate of drug-likeness (QED) is 0.718. The predicted molar refractivity (Wildman–Crippen MR) is 101 cm³/mol. The molecule has 0 aliphatic heterocycles. The molecule has 0 aromatic heterocycles. The molecule has 1 aromatic rings. The van der Waals surface area contributed by atoms with E-state index >= 15 is 0 Å². The molecule has 0 bridgehead atoms. The Morgan fingerprint density at radius 2 is 1.84 bits per heavy atom. The van der Waals surface area contributed by atoms with Crippen LogP contribution < -0.4 is 10.6 Å². The molecule has 6 nitrogen and oxygen atoms in total. The molecule has 0 aliphatic carbocycles. The number of hydrogen-bond donors (Lipinski definition) is 2. The van der Waals surface area contributed by atoms with Crippen molar-refractivity contribution in [3.8, 4) is 0 Å². The van der Waals surface area contributed by atoms with Gasteiger partial charge in [-0.05, 0) is 38.8 Å². The molecular weight excluding hydrogens is 318 g/mol. The fourth-order valence-electron chi connectivity index (χ4n) is 2.18. The van der Waals surface area contributed by atoms with E-state index in [0.717, 1.165) is 24.8 Å². The number of urea groups is 1. The SMILES string of the molecule is CCCCCNC(=O)Nc1ccccc1CN(C)C(=O)OC(C)(C)C. The Balaban J connectivity index is 2.64. The number of unbranched alkanes of at least 4 members (excludes halogenated alkanes) is 2. The average Bonchev–Trinajstić information content (AvgIpc) is 2.52. The number of ether oxygens (including phenoxy) is 1. The van der Waals surface area contributed by atoms with Crippen LogP contribution in [0, 0.1) is 0 Å². The van der Waals surface area contributed by atoms with Gasteiger partial charge in [0.15, 0.2) is 0 Å². The van der Waals surface area contributed by atoms with E-state index in [9.17, 15) is 9.59 Å². The Hall–Kier alpha value is -2.24.